The maximum Gasteiger partial charge on any atom is 0.253 e. The van der Waals surface area contributed by atoms with Gasteiger partial charge in [0, 0.05) is 0 Å². The van der Waals surface area contributed by atoms with Crippen LogP contribution in [0.1, 0.15) is 10.4 Å². The Labute approximate surface area is 86.1 Å². The van der Waals surface area contributed by atoms with Crippen LogP contribution in [0.25, 0.3) is 0 Å². The second kappa shape index (κ2) is 4.64. The lowest BCUT2D eigenvalue weighted by molar-refractivity contribution is 0.0958. The molecule has 0 bridgehead atoms. The van der Waals surface area contributed by atoms with Crippen molar-refractivity contribution in [3.8, 4) is 12.3 Å². The van der Waals surface area contributed by atoms with E-state index in [4.69, 9.17) is 18.0 Å². The van der Waals surface area contributed by atoms with Gasteiger partial charge in [-0.05, 0) is 12.1 Å². The molecule has 0 radical (unpaired) electrons. The summed E-state index contributed by atoms with van der Waals surface area (Å²) in [6.45, 7) is 0.0890. The summed E-state index contributed by atoms with van der Waals surface area (Å²) in [5, 5.41) is 2.20. The highest BCUT2D eigenvalue weighted by atomic mass is 35.5. The zero-order valence-electron chi connectivity index (χ0n) is 7.18. The van der Waals surface area contributed by atoms with E-state index in [0.29, 0.717) is 0 Å². The Morgan fingerprint density at radius 3 is 3.00 bits per heavy atom. The quantitative estimate of drug-likeness (QED) is 0.744. The fourth-order valence-electron chi connectivity index (χ4n) is 0.906. The van der Waals surface area contributed by atoms with Gasteiger partial charge in [-0.25, -0.2) is 4.39 Å². The van der Waals surface area contributed by atoms with Crippen LogP contribution in [-0.4, -0.2) is 12.5 Å². The lowest BCUT2D eigenvalue weighted by Gasteiger charge is -2.03. The predicted octanol–water partition coefficient (Wildman–Crippen LogP) is 1.84. The van der Waals surface area contributed by atoms with Gasteiger partial charge < -0.3 is 5.32 Å². The third-order valence-electron chi connectivity index (χ3n) is 1.55. The lowest BCUT2D eigenvalue weighted by atomic mass is 10.2. The Morgan fingerprint density at radius 1 is 1.64 bits per heavy atom. The summed E-state index contributed by atoms with van der Waals surface area (Å²) in [5.41, 5.74) is 0.0851. The molecule has 0 spiro atoms. The molecule has 0 unspecified atom stereocenters. The van der Waals surface area contributed by atoms with Crippen molar-refractivity contribution in [3.05, 3.63) is 34.6 Å². The van der Waals surface area contributed by atoms with E-state index in [1.807, 2.05) is 0 Å². The van der Waals surface area contributed by atoms with Crippen molar-refractivity contribution < 1.29 is 9.18 Å². The molecule has 0 aliphatic rings. The highest BCUT2D eigenvalue weighted by molar-refractivity contribution is 6.34. The van der Waals surface area contributed by atoms with Crippen LogP contribution in [0.5, 0.6) is 0 Å². The average molecular weight is 212 g/mol. The number of rotatable bonds is 2. The summed E-state index contributed by atoms with van der Waals surface area (Å²) < 4.78 is 12.9. The normalized spacial score (nSPS) is 9.21. The topological polar surface area (TPSA) is 29.1 Å². The first-order valence-electron chi connectivity index (χ1n) is 3.82. The molecule has 0 saturated heterocycles. The maximum absolute atomic E-state index is 12.9. The van der Waals surface area contributed by atoms with E-state index in [1.165, 1.54) is 18.2 Å². The molecule has 2 nitrogen and oxygen atoms in total. The zero-order valence-corrected chi connectivity index (χ0v) is 7.94. The molecule has 0 fully saturated rings. The Bertz CT molecular complexity index is 398. The molecule has 1 amide bonds. The number of carbonyl (C=O) groups is 1. The molecule has 0 aliphatic carbocycles. The number of hydrogen-bond donors (Lipinski definition) is 1. The smallest absolute Gasteiger partial charge is 0.253 e. The van der Waals surface area contributed by atoms with Gasteiger partial charge in [0.15, 0.2) is 0 Å². The van der Waals surface area contributed by atoms with Crippen molar-refractivity contribution in [1.82, 2.24) is 5.32 Å². The van der Waals surface area contributed by atoms with E-state index >= 15 is 0 Å². The minimum atomic E-state index is -0.625. The van der Waals surface area contributed by atoms with Crippen molar-refractivity contribution >= 4 is 17.5 Å². The molecule has 14 heavy (non-hydrogen) atoms. The van der Waals surface area contributed by atoms with Crippen LogP contribution in [0.15, 0.2) is 18.2 Å². The van der Waals surface area contributed by atoms with Gasteiger partial charge in [0.1, 0.15) is 5.82 Å². The third-order valence-corrected chi connectivity index (χ3v) is 1.93. The van der Waals surface area contributed by atoms with Crippen LogP contribution in [0.2, 0.25) is 5.02 Å². The van der Waals surface area contributed by atoms with Gasteiger partial charge >= 0.3 is 0 Å². The molecule has 0 saturated carbocycles. The number of halogens is 2. The summed E-state index contributed by atoms with van der Waals surface area (Å²) in [6, 6.07) is 4.02. The van der Waals surface area contributed by atoms with Crippen LogP contribution in [-0.2, 0) is 0 Å². The van der Waals surface area contributed by atoms with Crippen molar-refractivity contribution in [1.29, 1.82) is 0 Å². The Kier molecular flexibility index (Phi) is 3.49. The SMILES string of the molecule is C#CCNC(=O)c1cccc(F)c1Cl. The summed E-state index contributed by atoms with van der Waals surface area (Å²) in [6.07, 6.45) is 4.95. The standard InChI is InChI=1S/C10H7ClFNO/c1-2-6-13-10(14)7-4-3-5-8(12)9(7)11/h1,3-5H,6H2,(H,13,14). The third kappa shape index (κ3) is 2.24. The Morgan fingerprint density at radius 2 is 2.36 bits per heavy atom. The van der Waals surface area contributed by atoms with Crippen LogP contribution in [0, 0.1) is 18.2 Å². The number of nitrogens with one attached hydrogen (secondary N) is 1. The molecule has 0 aromatic heterocycles. The molecule has 1 aromatic rings. The van der Waals surface area contributed by atoms with Crippen molar-refractivity contribution in [2.45, 2.75) is 0 Å². The number of benzene rings is 1. The molecule has 0 aliphatic heterocycles. The summed E-state index contributed by atoms with van der Waals surface area (Å²) in [4.78, 5) is 11.3. The van der Waals surface area contributed by atoms with Gasteiger partial charge in [0.25, 0.3) is 5.91 Å². The molecule has 1 rings (SSSR count). The first kappa shape index (κ1) is 10.6. The monoisotopic (exact) mass is 211 g/mol. The average Bonchev–Trinajstić information content (AvgIpc) is 2.18. The molecule has 1 N–H and O–H groups in total. The molecule has 4 heteroatoms. The van der Waals surface area contributed by atoms with Gasteiger partial charge in [-0.2, -0.15) is 0 Å². The second-order valence-electron chi connectivity index (χ2n) is 2.49. The van der Waals surface area contributed by atoms with E-state index in [0.717, 1.165) is 0 Å². The minimum absolute atomic E-state index is 0.0851. The van der Waals surface area contributed by atoms with Gasteiger partial charge in [-0.3, -0.25) is 4.79 Å². The van der Waals surface area contributed by atoms with E-state index in [1.54, 1.807) is 0 Å². The van der Waals surface area contributed by atoms with Gasteiger partial charge in [0.2, 0.25) is 0 Å². The van der Waals surface area contributed by atoms with Crippen molar-refractivity contribution in [3.63, 3.8) is 0 Å². The van der Waals surface area contributed by atoms with E-state index in [9.17, 15) is 9.18 Å². The molecule has 72 valence electrons. The van der Waals surface area contributed by atoms with Crippen LogP contribution >= 0.6 is 11.6 Å². The number of hydrogen-bond acceptors (Lipinski definition) is 1. The second-order valence-corrected chi connectivity index (χ2v) is 2.87. The molecule has 1 aromatic carbocycles. The zero-order chi connectivity index (χ0) is 10.6. The van der Waals surface area contributed by atoms with Crippen molar-refractivity contribution in [2.75, 3.05) is 6.54 Å². The number of amides is 1. The van der Waals surface area contributed by atoms with Crippen LogP contribution in [0.4, 0.5) is 4.39 Å². The summed E-state index contributed by atoms with van der Waals surface area (Å²) >= 11 is 5.58. The molecular formula is C10H7ClFNO. The molecular weight excluding hydrogens is 205 g/mol. The lowest BCUT2D eigenvalue weighted by Crippen LogP contribution is -2.23. The fourth-order valence-corrected chi connectivity index (χ4v) is 1.12. The van der Waals surface area contributed by atoms with Gasteiger partial charge in [0.05, 0.1) is 17.1 Å². The fraction of sp³-hybridized carbons (Fsp3) is 0.100. The Balaban J connectivity index is 2.91. The number of carbonyl (C=O) groups excluding carboxylic acids is 1. The van der Waals surface area contributed by atoms with E-state index in [-0.39, 0.29) is 17.1 Å². The maximum atomic E-state index is 12.9. The van der Waals surface area contributed by atoms with Crippen molar-refractivity contribution in [2.24, 2.45) is 0 Å². The molecule has 0 atom stereocenters. The molecule has 0 heterocycles. The van der Waals surface area contributed by atoms with E-state index < -0.39 is 11.7 Å². The van der Waals surface area contributed by atoms with Crippen LogP contribution in [0.3, 0.4) is 0 Å². The van der Waals surface area contributed by atoms with Crippen LogP contribution < -0.4 is 5.32 Å². The highest BCUT2D eigenvalue weighted by Gasteiger charge is 2.11. The minimum Gasteiger partial charge on any atom is -0.341 e. The first-order chi connectivity index (χ1) is 6.66. The van der Waals surface area contributed by atoms with Gasteiger partial charge in [-0.1, -0.05) is 23.6 Å². The first-order valence-corrected chi connectivity index (χ1v) is 4.20. The summed E-state index contributed by atoms with van der Waals surface area (Å²) in [5.74, 6) is 1.13. The Hall–Kier alpha value is -1.53. The summed E-state index contributed by atoms with van der Waals surface area (Å²) in [7, 11) is 0. The highest BCUT2D eigenvalue weighted by Crippen LogP contribution is 2.19. The van der Waals surface area contributed by atoms with Gasteiger partial charge in [-0.15, -0.1) is 6.42 Å². The predicted molar refractivity (Wildman–Crippen MR) is 52.6 cm³/mol. The van der Waals surface area contributed by atoms with E-state index in [2.05, 4.69) is 11.2 Å². The largest absolute Gasteiger partial charge is 0.341 e. The number of terminal acetylenes is 1.